The van der Waals surface area contributed by atoms with Gasteiger partial charge in [-0.3, -0.25) is 20.0 Å². The summed E-state index contributed by atoms with van der Waals surface area (Å²) in [6, 6.07) is 0. The Balaban J connectivity index is 2.35. The van der Waals surface area contributed by atoms with E-state index in [1.54, 1.807) is 0 Å². The number of amides is 1. The number of unbranched alkanes of at least 4 members (excludes halogenated alkanes) is 5. The van der Waals surface area contributed by atoms with E-state index in [-0.39, 0.29) is 11.4 Å². The van der Waals surface area contributed by atoms with E-state index in [1.165, 1.54) is 26.2 Å². The molecule has 0 aliphatic heterocycles. The van der Waals surface area contributed by atoms with E-state index in [0.29, 0.717) is 12.2 Å². The van der Waals surface area contributed by atoms with Crippen LogP contribution in [0.3, 0.4) is 0 Å². The maximum atomic E-state index is 11.8. The third kappa shape index (κ3) is 4.64. The highest BCUT2D eigenvalue weighted by Gasteiger charge is 2.26. The zero-order chi connectivity index (χ0) is 15.0. The second kappa shape index (κ2) is 8.29. The first kappa shape index (κ1) is 16.1. The lowest BCUT2D eigenvalue weighted by molar-refractivity contribution is -0.385. The van der Waals surface area contributed by atoms with Gasteiger partial charge < -0.3 is 5.32 Å². The molecule has 1 amide bonds. The van der Waals surface area contributed by atoms with Crippen LogP contribution >= 0.6 is 0 Å². The van der Waals surface area contributed by atoms with Crippen LogP contribution in [0.5, 0.6) is 0 Å². The zero-order valence-corrected chi connectivity index (χ0v) is 12.1. The van der Waals surface area contributed by atoms with Gasteiger partial charge in [0.2, 0.25) is 5.69 Å². The van der Waals surface area contributed by atoms with Crippen LogP contribution in [0.15, 0.2) is 0 Å². The Bertz CT molecular complexity index is 456. The van der Waals surface area contributed by atoms with Crippen molar-refractivity contribution in [1.29, 1.82) is 0 Å². The van der Waals surface area contributed by atoms with Gasteiger partial charge in [0.05, 0.1) is 4.92 Å². The van der Waals surface area contributed by atoms with Crippen LogP contribution in [0.2, 0.25) is 0 Å². The van der Waals surface area contributed by atoms with E-state index in [2.05, 4.69) is 22.4 Å². The number of nitro groups is 1. The molecule has 2 N–H and O–H groups in total. The summed E-state index contributed by atoms with van der Waals surface area (Å²) >= 11 is 0. The van der Waals surface area contributed by atoms with Gasteiger partial charge in [-0.15, -0.1) is 0 Å². The molecule has 0 spiro atoms. The van der Waals surface area contributed by atoms with Gasteiger partial charge >= 0.3 is 5.69 Å². The summed E-state index contributed by atoms with van der Waals surface area (Å²) in [5, 5.41) is 19.7. The molecule has 0 fully saturated rings. The highest BCUT2D eigenvalue weighted by molar-refractivity contribution is 5.96. The fraction of sp³-hybridized carbons (Fsp3) is 0.692. The second-order valence-corrected chi connectivity index (χ2v) is 4.83. The molecule has 1 rings (SSSR count). The molecule has 7 heteroatoms. The quantitative estimate of drug-likeness (QED) is 0.413. The Morgan fingerprint density at radius 2 is 1.95 bits per heavy atom. The maximum absolute atomic E-state index is 11.8. The Morgan fingerprint density at radius 1 is 1.30 bits per heavy atom. The molecule has 1 aromatic heterocycles. The molecular formula is C13H22N4O3. The van der Waals surface area contributed by atoms with Crippen molar-refractivity contribution < 1.29 is 9.72 Å². The number of aromatic amines is 1. The summed E-state index contributed by atoms with van der Waals surface area (Å²) < 4.78 is 0. The molecular weight excluding hydrogens is 260 g/mol. The van der Waals surface area contributed by atoms with Gasteiger partial charge in [0.25, 0.3) is 5.91 Å². The second-order valence-electron chi connectivity index (χ2n) is 4.83. The maximum Gasteiger partial charge on any atom is 0.322 e. The van der Waals surface area contributed by atoms with E-state index >= 15 is 0 Å². The highest BCUT2D eigenvalue weighted by atomic mass is 16.6. The predicted octanol–water partition coefficient (Wildman–Crippen LogP) is 2.72. The molecule has 0 saturated heterocycles. The number of H-pyrrole nitrogens is 1. The molecule has 20 heavy (non-hydrogen) atoms. The number of aromatic nitrogens is 2. The summed E-state index contributed by atoms with van der Waals surface area (Å²) in [6.07, 6.45) is 6.76. The number of hydrogen-bond acceptors (Lipinski definition) is 4. The number of nitrogens with one attached hydrogen (secondary N) is 2. The summed E-state index contributed by atoms with van der Waals surface area (Å²) in [7, 11) is 0. The summed E-state index contributed by atoms with van der Waals surface area (Å²) in [5.74, 6) is -0.491. The zero-order valence-electron chi connectivity index (χ0n) is 12.1. The van der Waals surface area contributed by atoms with Gasteiger partial charge in [-0.2, -0.15) is 5.10 Å². The van der Waals surface area contributed by atoms with Crippen molar-refractivity contribution in [3.8, 4) is 0 Å². The van der Waals surface area contributed by atoms with E-state index in [1.807, 2.05) is 0 Å². The molecule has 1 heterocycles. The van der Waals surface area contributed by atoms with Crippen molar-refractivity contribution in [3.63, 3.8) is 0 Å². The van der Waals surface area contributed by atoms with Crippen molar-refractivity contribution in [2.75, 3.05) is 6.54 Å². The summed E-state index contributed by atoms with van der Waals surface area (Å²) in [4.78, 5) is 22.1. The molecule has 0 aromatic carbocycles. The molecule has 0 aliphatic carbocycles. The molecule has 112 valence electrons. The monoisotopic (exact) mass is 282 g/mol. The van der Waals surface area contributed by atoms with Crippen molar-refractivity contribution in [2.45, 2.75) is 52.4 Å². The normalized spacial score (nSPS) is 10.5. The number of carbonyl (C=O) groups excluding carboxylic acids is 1. The Kier molecular flexibility index (Phi) is 6.69. The van der Waals surface area contributed by atoms with Crippen LogP contribution in [0.4, 0.5) is 5.69 Å². The minimum Gasteiger partial charge on any atom is -0.350 e. The van der Waals surface area contributed by atoms with Gasteiger partial charge in [0.15, 0.2) is 0 Å². The number of aryl methyl sites for hydroxylation is 1. The van der Waals surface area contributed by atoms with Gasteiger partial charge in [-0.05, 0) is 13.3 Å². The Labute approximate surface area is 118 Å². The SMILES string of the molecule is CCCCCCCCNC(=O)c1n[nH]c(C)c1[N+](=O)[O-]. The standard InChI is InChI=1S/C13H22N4O3/c1-3-4-5-6-7-8-9-14-13(18)11-12(17(19)20)10(2)15-16-11/h3-9H2,1-2H3,(H,14,18)(H,15,16). The van der Waals surface area contributed by atoms with Crippen LogP contribution in [0, 0.1) is 17.0 Å². The van der Waals surface area contributed by atoms with Crippen molar-refractivity contribution >= 4 is 11.6 Å². The molecule has 0 radical (unpaired) electrons. The van der Waals surface area contributed by atoms with Crippen LogP contribution in [0.1, 0.15) is 61.6 Å². The first-order valence-electron chi connectivity index (χ1n) is 7.05. The van der Waals surface area contributed by atoms with Crippen molar-refractivity contribution in [2.24, 2.45) is 0 Å². The average Bonchev–Trinajstić information content (AvgIpc) is 2.79. The third-order valence-corrected chi connectivity index (χ3v) is 3.13. The van der Waals surface area contributed by atoms with E-state index in [4.69, 9.17) is 0 Å². The predicted molar refractivity (Wildman–Crippen MR) is 75.7 cm³/mol. The summed E-state index contributed by atoms with van der Waals surface area (Å²) in [5.41, 5.74) is -0.0938. The lowest BCUT2D eigenvalue weighted by atomic mass is 10.1. The molecule has 1 aromatic rings. The fourth-order valence-corrected chi connectivity index (χ4v) is 2.00. The lowest BCUT2D eigenvalue weighted by Crippen LogP contribution is -2.25. The molecule has 0 saturated carbocycles. The van der Waals surface area contributed by atoms with Crippen LogP contribution in [-0.2, 0) is 0 Å². The van der Waals surface area contributed by atoms with Gasteiger partial charge in [-0.1, -0.05) is 39.0 Å². The van der Waals surface area contributed by atoms with Crippen LogP contribution in [-0.4, -0.2) is 27.6 Å². The lowest BCUT2D eigenvalue weighted by Gasteiger charge is -2.03. The largest absolute Gasteiger partial charge is 0.350 e. The van der Waals surface area contributed by atoms with Gasteiger partial charge in [0.1, 0.15) is 5.69 Å². The molecule has 7 nitrogen and oxygen atoms in total. The Hall–Kier alpha value is -1.92. The Morgan fingerprint density at radius 3 is 2.60 bits per heavy atom. The van der Waals surface area contributed by atoms with E-state index < -0.39 is 10.8 Å². The minimum atomic E-state index is -0.585. The number of carbonyl (C=O) groups is 1. The van der Waals surface area contributed by atoms with Crippen LogP contribution < -0.4 is 5.32 Å². The number of hydrogen-bond donors (Lipinski definition) is 2. The number of nitrogens with zero attached hydrogens (tertiary/aromatic N) is 2. The molecule has 0 aliphatic rings. The average molecular weight is 282 g/mol. The first-order valence-corrected chi connectivity index (χ1v) is 7.05. The fourth-order valence-electron chi connectivity index (χ4n) is 2.00. The van der Waals surface area contributed by atoms with Gasteiger partial charge in [-0.25, -0.2) is 0 Å². The smallest absolute Gasteiger partial charge is 0.322 e. The van der Waals surface area contributed by atoms with E-state index in [9.17, 15) is 14.9 Å². The first-order chi connectivity index (χ1) is 9.57. The molecule has 0 bridgehead atoms. The van der Waals surface area contributed by atoms with Gasteiger partial charge in [0, 0.05) is 6.54 Å². The third-order valence-electron chi connectivity index (χ3n) is 3.13. The topological polar surface area (TPSA) is 101 Å². The van der Waals surface area contributed by atoms with E-state index in [0.717, 1.165) is 19.3 Å². The van der Waals surface area contributed by atoms with Crippen molar-refractivity contribution in [3.05, 3.63) is 21.5 Å². The highest BCUT2D eigenvalue weighted by Crippen LogP contribution is 2.19. The number of rotatable bonds is 9. The van der Waals surface area contributed by atoms with Crippen LogP contribution in [0.25, 0.3) is 0 Å². The summed E-state index contributed by atoms with van der Waals surface area (Å²) in [6.45, 7) is 4.21. The molecule has 0 atom stereocenters. The minimum absolute atomic E-state index is 0.140. The molecule has 0 unspecified atom stereocenters. The van der Waals surface area contributed by atoms with Crippen molar-refractivity contribution in [1.82, 2.24) is 15.5 Å².